The zero-order valence-corrected chi connectivity index (χ0v) is 34.1. The predicted octanol–water partition coefficient (Wildman–Crippen LogP) is 5.42. The summed E-state index contributed by atoms with van der Waals surface area (Å²) in [5.74, 6) is -1.66. The maximum Gasteiger partial charge on any atom is 0.358 e. The molecule has 20 heteroatoms. The van der Waals surface area contributed by atoms with Crippen LogP contribution < -0.4 is 9.47 Å². The number of ether oxygens (including phenoxy) is 3. The van der Waals surface area contributed by atoms with Gasteiger partial charge in [-0.1, -0.05) is 0 Å². The quantitative estimate of drug-likeness (QED) is 0.180. The van der Waals surface area contributed by atoms with Crippen LogP contribution in [0.5, 0.6) is 11.5 Å². The lowest BCUT2D eigenvalue weighted by Gasteiger charge is -2.15. The zero-order chi connectivity index (χ0) is 41.0. The van der Waals surface area contributed by atoms with Gasteiger partial charge in [0.15, 0.2) is 11.4 Å². The normalized spacial score (nSPS) is 13.9. The number of halogens is 4. The Morgan fingerprint density at radius 1 is 0.772 bits per heavy atom. The van der Waals surface area contributed by atoms with Gasteiger partial charge in [-0.25, -0.2) is 28.3 Å². The second-order valence-electron chi connectivity index (χ2n) is 13.2. The van der Waals surface area contributed by atoms with Crippen molar-refractivity contribution >= 4 is 43.8 Å². The van der Waals surface area contributed by atoms with Crippen LogP contribution in [-0.2, 0) is 31.9 Å². The molecule has 0 amide bonds. The van der Waals surface area contributed by atoms with E-state index >= 15 is 0 Å². The molecule has 0 saturated carbocycles. The number of hydrogen-bond donors (Lipinski definition) is 3. The Hall–Kier alpha value is -5.44. The Balaban J connectivity index is 0.000000174. The molecule has 2 atom stereocenters. The summed E-state index contributed by atoms with van der Waals surface area (Å²) in [6, 6.07) is 5.53. The van der Waals surface area contributed by atoms with Crippen LogP contribution in [0.3, 0.4) is 0 Å². The first-order valence-electron chi connectivity index (χ1n) is 17.2. The molecule has 2 aliphatic heterocycles. The van der Waals surface area contributed by atoms with Crippen LogP contribution in [-0.4, -0.2) is 86.2 Å². The van der Waals surface area contributed by atoms with E-state index < -0.39 is 35.8 Å². The lowest BCUT2D eigenvalue weighted by atomic mass is 10.1. The molecule has 0 bridgehead atoms. The van der Waals surface area contributed by atoms with Crippen LogP contribution in [0, 0.1) is 25.5 Å². The molecule has 57 heavy (non-hydrogen) atoms. The fraction of sp³-hybridized carbons (Fsp3) is 0.297. The zero-order valence-electron chi connectivity index (χ0n) is 30.9. The van der Waals surface area contributed by atoms with Crippen molar-refractivity contribution in [1.82, 2.24) is 38.7 Å². The summed E-state index contributed by atoms with van der Waals surface area (Å²) in [5.41, 5.74) is 3.32. The number of aliphatic hydroxyl groups is 2. The van der Waals surface area contributed by atoms with Crippen molar-refractivity contribution in [3.63, 3.8) is 0 Å². The molecule has 298 valence electrons. The lowest BCUT2D eigenvalue weighted by Crippen LogP contribution is -2.16. The summed E-state index contributed by atoms with van der Waals surface area (Å²) >= 11 is 6.32. The minimum absolute atomic E-state index is 0.00782. The van der Waals surface area contributed by atoms with Crippen LogP contribution in [0.15, 0.2) is 45.6 Å². The minimum Gasteiger partial charge on any atom is -0.491 e. The molecule has 2 aliphatic rings. The Kier molecular flexibility index (Phi) is 10.8. The molecule has 16 nitrogen and oxygen atoms in total. The van der Waals surface area contributed by atoms with E-state index in [4.69, 9.17) is 14.2 Å². The average Bonchev–Trinajstić information content (AvgIpc) is 3.87. The monoisotopic (exact) mass is 914 g/mol. The van der Waals surface area contributed by atoms with Gasteiger partial charge in [-0.3, -0.25) is 9.36 Å². The van der Waals surface area contributed by atoms with E-state index in [2.05, 4.69) is 52.0 Å². The molecule has 0 fully saturated rings. The molecular formula is C37H34Br2F2N8O8. The van der Waals surface area contributed by atoms with Crippen molar-refractivity contribution in [2.75, 3.05) is 20.3 Å². The number of esters is 1. The van der Waals surface area contributed by atoms with Gasteiger partial charge in [-0.05, 0) is 57.8 Å². The number of hydrogen-bond acceptors (Lipinski definition) is 11. The number of carboxylic acid groups (broad SMARTS) is 1. The summed E-state index contributed by atoms with van der Waals surface area (Å²) in [7, 11) is 4.72. The van der Waals surface area contributed by atoms with E-state index in [9.17, 15) is 33.7 Å². The molecule has 6 aromatic rings. The third-order valence-electron chi connectivity index (χ3n) is 9.48. The van der Waals surface area contributed by atoms with E-state index in [0.29, 0.717) is 57.6 Å². The SMILES string of the molecule is COC(=O)c1nc2n(c1C(O)c1cn(C)nc1C)CCOc1cc(F)c(Br)cc1-2.Cc1nn(C)cc1C(O)c1c(C(=O)O)nc2n1CCOc1cc(F)c(Br)cc1-2. The first kappa shape index (κ1) is 39.8. The first-order chi connectivity index (χ1) is 27.1. The fourth-order valence-corrected chi connectivity index (χ4v) is 7.65. The van der Waals surface area contributed by atoms with Crippen LogP contribution in [0.2, 0.25) is 0 Å². The van der Waals surface area contributed by atoms with Crippen LogP contribution in [0.25, 0.3) is 22.8 Å². The van der Waals surface area contributed by atoms with Crippen LogP contribution in [0.4, 0.5) is 8.78 Å². The molecule has 0 spiro atoms. The molecule has 2 aromatic carbocycles. The number of aromatic nitrogens is 8. The van der Waals surface area contributed by atoms with Crippen LogP contribution in [0.1, 0.15) is 67.1 Å². The standard InChI is InChI=1S/C19H18BrFN4O4.C18H16BrFN4O4/c1-9-11(8-24(2)23-9)17(26)16-15(19(27)28-3)22-18-10-6-12(20)13(21)7-14(10)29-5-4-25(16)18;1-8-10(7-23(2)22-8)16(25)15-14(18(26)27)21-17-9-5-11(19)12(20)6-13(9)28-4-3-24(15)17/h6-8,17,26H,4-5H2,1-3H3;5-7,16,25H,3-4H2,1-2H3,(H,26,27). The summed E-state index contributed by atoms with van der Waals surface area (Å²) in [5, 5.41) is 40.3. The largest absolute Gasteiger partial charge is 0.491 e. The van der Waals surface area contributed by atoms with Gasteiger partial charge in [0.25, 0.3) is 0 Å². The third-order valence-corrected chi connectivity index (χ3v) is 10.7. The number of carbonyl (C=O) groups is 2. The molecule has 6 heterocycles. The van der Waals surface area contributed by atoms with Gasteiger partial charge in [0.2, 0.25) is 0 Å². The number of nitrogens with zero attached hydrogens (tertiary/aromatic N) is 8. The maximum atomic E-state index is 14.0. The van der Waals surface area contributed by atoms with Crippen LogP contribution >= 0.6 is 31.9 Å². The van der Waals surface area contributed by atoms with Crippen molar-refractivity contribution < 1.29 is 47.9 Å². The number of methoxy groups -OCH3 is 1. The van der Waals surface area contributed by atoms with Gasteiger partial charge < -0.3 is 38.7 Å². The molecule has 0 saturated heterocycles. The number of carboxylic acids is 1. The van der Waals surface area contributed by atoms with E-state index in [1.165, 1.54) is 25.3 Å². The predicted molar refractivity (Wildman–Crippen MR) is 204 cm³/mol. The first-order valence-corrected chi connectivity index (χ1v) is 18.8. The summed E-state index contributed by atoms with van der Waals surface area (Å²) < 4.78 is 51.0. The number of imidazole rings is 2. The molecule has 3 N–H and O–H groups in total. The number of aryl methyl sites for hydroxylation is 4. The lowest BCUT2D eigenvalue weighted by molar-refractivity contribution is 0.0587. The number of aliphatic hydroxyl groups excluding tert-OH is 2. The summed E-state index contributed by atoms with van der Waals surface area (Å²) in [6.45, 7) is 4.44. The smallest absolute Gasteiger partial charge is 0.358 e. The molecule has 0 radical (unpaired) electrons. The maximum absolute atomic E-state index is 14.0. The average molecular weight is 917 g/mol. The van der Waals surface area contributed by atoms with Gasteiger partial charge in [0.1, 0.15) is 60.2 Å². The fourth-order valence-electron chi connectivity index (χ4n) is 6.96. The number of carbonyl (C=O) groups excluding carboxylic acids is 1. The Morgan fingerprint density at radius 2 is 1.19 bits per heavy atom. The van der Waals surface area contributed by atoms with Gasteiger partial charge in [0.05, 0.1) is 63.0 Å². The van der Waals surface area contributed by atoms with Crippen molar-refractivity contribution in [3.8, 4) is 34.3 Å². The highest BCUT2D eigenvalue weighted by molar-refractivity contribution is 9.10. The second kappa shape index (κ2) is 15.5. The Morgan fingerprint density at radius 3 is 1.58 bits per heavy atom. The van der Waals surface area contributed by atoms with E-state index in [0.717, 1.165) is 0 Å². The highest BCUT2D eigenvalue weighted by Crippen LogP contribution is 2.41. The Bertz CT molecular complexity index is 2580. The minimum atomic E-state index is -1.26. The molecular weight excluding hydrogens is 882 g/mol. The van der Waals surface area contributed by atoms with Gasteiger partial charge in [0, 0.05) is 49.7 Å². The summed E-state index contributed by atoms with van der Waals surface area (Å²) in [6.07, 6.45) is 0.920. The van der Waals surface area contributed by atoms with Gasteiger partial charge in [-0.2, -0.15) is 10.2 Å². The molecule has 8 rings (SSSR count). The molecule has 0 aliphatic carbocycles. The van der Waals surface area contributed by atoms with Crippen molar-refractivity contribution in [2.45, 2.75) is 39.1 Å². The third kappa shape index (κ3) is 7.21. The number of rotatable bonds is 6. The second-order valence-corrected chi connectivity index (χ2v) is 14.9. The van der Waals surface area contributed by atoms with Crippen molar-refractivity contribution in [2.24, 2.45) is 14.1 Å². The topological polar surface area (TPSA) is 194 Å². The van der Waals surface area contributed by atoms with E-state index in [1.54, 1.807) is 64.9 Å². The van der Waals surface area contributed by atoms with E-state index in [1.807, 2.05) is 0 Å². The van der Waals surface area contributed by atoms with Crippen molar-refractivity contribution in [3.05, 3.63) is 103 Å². The summed E-state index contributed by atoms with van der Waals surface area (Å²) in [4.78, 5) is 33.1. The number of aromatic carboxylic acids is 1. The Labute approximate surface area is 339 Å². The highest BCUT2D eigenvalue weighted by Gasteiger charge is 2.34. The highest BCUT2D eigenvalue weighted by atomic mass is 79.9. The molecule has 4 aromatic heterocycles. The van der Waals surface area contributed by atoms with Crippen molar-refractivity contribution in [1.29, 1.82) is 0 Å². The van der Waals surface area contributed by atoms with Gasteiger partial charge >= 0.3 is 11.9 Å². The van der Waals surface area contributed by atoms with E-state index in [-0.39, 0.29) is 57.2 Å². The number of fused-ring (bicyclic) bond motifs is 6. The number of benzene rings is 2. The molecule has 2 unspecified atom stereocenters. The van der Waals surface area contributed by atoms with Gasteiger partial charge in [-0.15, -0.1) is 0 Å².